The van der Waals surface area contributed by atoms with Crippen molar-refractivity contribution in [1.82, 2.24) is 0 Å². The van der Waals surface area contributed by atoms with Gasteiger partial charge < -0.3 is 0 Å². The highest BCUT2D eigenvalue weighted by Crippen LogP contribution is 2.16. The van der Waals surface area contributed by atoms with Crippen LogP contribution in [0.15, 0.2) is 413 Å². The van der Waals surface area contributed by atoms with E-state index in [0.29, 0.717) is 0 Å². The Kier molecular flexibility index (Phi) is 17.0. The molecular formula is C84H68Si4. The van der Waals surface area contributed by atoms with Gasteiger partial charge in [0.25, 0.3) is 0 Å². The van der Waals surface area contributed by atoms with E-state index in [0.717, 1.165) is 0 Å². The van der Waals surface area contributed by atoms with E-state index < -0.39 is 32.3 Å². The van der Waals surface area contributed by atoms with Crippen LogP contribution in [0, 0.1) is 0 Å². The summed E-state index contributed by atoms with van der Waals surface area (Å²) in [6.45, 7) is 0. The fraction of sp³-hybridized carbons (Fsp3) is 0. The van der Waals surface area contributed by atoms with Crippen LogP contribution in [-0.2, 0) is 0 Å². The maximum absolute atomic E-state index is 2.69. The summed E-state index contributed by atoms with van der Waals surface area (Å²) in [6.07, 6.45) is 0. The van der Waals surface area contributed by atoms with Gasteiger partial charge in [-0.25, -0.2) is 0 Å². The van der Waals surface area contributed by atoms with E-state index in [1.165, 1.54) is 83.0 Å². The highest BCUT2D eigenvalue weighted by molar-refractivity contribution is 7.23. The summed E-state index contributed by atoms with van der Waals surface area (Å²) in [5, 5.41) is 22.3. The Morgan fingerprint density at radius 1 is 0.0909 bits per heavy atom. The molecule has 0 aliphatic carbocycles. The molecule has 4 heteroatoms. The highest BCUT2D eigenvalue weighted by atomic mass is 28.3. The van der Waals surface area contributed by atoms with E-state index in [1.54, 1.807) is 0 Å². The van der Waals surface area contributed by atoms with Gasteiger partial charge >= 0.3 is 0 Å². The minimum atomic E-state index is -2.69. The summed E-state index contributed by atoms with van der Waals surface area (Å²) >= 11 is 0. The zero-order valence-corrected chi connectivity index (χ0v) is 53.3. The van der Waals surface area contributed by atoms with Crippen molar-refractivity contribution in [3.05, 3.63) is 413 Å². The summed E-state index contributed by atoms with van der Waals surface area (Å²) in [7, 11) is -10.6. The second-order valence-electron chi connectivity index (χ2n) is 22.6. The van der Waals surface area contributed by atoms with Crippen molar-refractivity contribution in [3.8, 4) is 0 Å². The largest absolute Gasteiger partial charge is 0.179 e. The Labute approximate surface area is 524 Å². The van der Waals surface area contributed by atoms with Crippen molar-refractivity contribution in [3.63, 3.8) is 0 Å². The third-order valence-corrected chi connectivity index (χ3v) is 37.1. The van der Waals surface area contributed by atoms with Gasteiger partial charge in [-0.2, -0.15) is 0 Å². The van der Waals surface area contributed by atoms with Crippen LogP contribution in [-0.4, -0.2) is 32.3 Å². The molecule has 0 saturated carbocycles. The van der Waals surface area contributed by atoms with Crippen LogP contribution in [0.2, 0.25) is 0 Å². The zero-order chi connectivity index (χ0) is 59.3. The second-order valence-corrected chi connectivity index (χ2v) is 37.8. The van der Waals surface area contributed by atoms with Crippen molar-refractivity contribution in [2.45, 2.75) is 0 Å². The smallest absolute Gasteiger partial charge is 0.0624 e. The van der Waals surface area contributed by atoms with Gasteiger partial charge in [-0.3, -0.25) is 0 Å². The van der Waals surface area contributed by atoms with E-state index in [9.17, 15) is 0 Å². The fourth-order valence-electron chi connectivity index (χ4n) is 14.2. The van der Waals surface area contributed by atoms with Gasteiger partial charge in [-0.05, 0) is 83.0 Å². The Balaban J connectivity index is 0.000000162. The molecule has 0 nitrogen and oxygen atoms in total. The molecule has 0 atom stereocenters. The van der Waals surface area contributed by atoms with E-state index in [-0.39, 0.29) is 0 Å². The standard InChI is InChI=1S/2C42H34Si2/c1-7-20-35(21-8-1)43(36-22-9-2-10-23-36,37-24-11-3-12-25-37)41-32-19-33-42(34-41)44(38-26-13-4-14-27-38,39-28-15-5-16-29-39)40-30-17-6-18-31-40;1-7-19-35(20-8-1)43(36-21-9-2-10-22-36,37-23-11-3-12-24-37)41-31-33-42(34-32-41)44(38-25-13-4-14-26-38,39-27-15-5-16-28-39)40-29-17-6-18-30-40/h2*1-34H. The Hall–Kier alpha value is -10.1. The van der Waals surface area contributed by atoms with Gasteiger partial charge in [-0.1, -0.05) is 413 Å². The molecule has 0 aliphatic rings. The average Bonchev–Trinajstić information content (AvgIpc) is 2.02. The van der Waals surface area contributed by atoms with Crippen LogP contribution in [0.3, 0.4) is 0 Å². The third-order valence-electron chi connectivity index (χ3n) is 18.0. The van der Waals surface area contributed by atoms with Gasteiger partial charge in [0.1, 0.15) is 0 Å². The molecule has 14 rings (SSSR count). The first-order valence-electron chi connectivity index (χ1n) is 30.6. The average molecular weight is 1190 g/mol. The van der Waals surface area contributed by atoms with Crippen molar-refractivity contribution < 1.29 is 0 Å². The van der Waals surface area contributed by atoms with Crippen molar-refractivity contribution in [2.75, 3.05) is 0 Å². The molecule has 0 aromatic heterocycles. The number of hydrogen-bond donors (Lipinski definition) is 0. The molecule has 0 spiro atoms. The third kappa shape index (κ3) is 10.5. The van der Waals surface area contributed by atoms with Gasteiger partial charge in [0.2, 0.25) is 0 Å². The summed E-state index contributed by atoms with van der Waals surface area (Å²) < 4.78 is 0. The molecule has 0 heterocycles. The Morgan fingerprint density at radius 3 is 0.330 bits per heavy atom. The molecule has 14 aromatic carbocycles. The lowest BCUT2D eigenvalue weighted by Gasteiger charge is -2.38. The minimum absolute atomic E-state index is 1.39. The summed E-state index contributed by atoms with van der Waals surface area (Å²) in [4.78, 5) is 0. The quantitative estimate of drug-likeness (QED) is 0.0671. The molecule has 0 saturated heterocycles. The van der Waals surface area contributed by atoms with Crippen LogP contribution in [0.4, 0.5) is 0 Å². The zero-order valence-electron chi connectivity index (χ0n) is 49.3. The molecule has 88 heavy (non-hydrogen) atoms. The van der Waals surface area contributed by atoms with E-state index in [1.807, 2.05) is 0 Å². The van der Waals surface area contributed by atoms with Crippen LogP contribution >= 0.6 is 0 Å². The van der Waals surface area contributed by atoms with Crippen LogP contribution in [0.25, 0.3) is 0 Å². The summed E-state index contributed by atoms with van der Waals surface area (Å²) in [5.41, 5.74) is 0. The van der Waals surface area contributed by atoms with Crippen molar-refractivity contribution in [1.29, 1.82) is 0 Å². The van der Waals surface area contributed by atoms with Crippen LogP contribution < -0.4 is 83.0 Å². The second kappa shape index (κ2) is 26.3. The van der Waals surface area contributed by atoms with E-state index in [2.05, 4.69) is 413 Å². The van der Waals surface area contributed by atoms with Crippen LogP contribution in [0.5, 0.6) is 0 Å². The minimum Gasteiger partial charge on any atom is -0.0624 e. The number of hydrogen-bond acceptors (Lipinski definition) is 0. The lowest BCUT2D eigenvalue weighted by Crippen LogP contribution is -2.77. The number of rotatable bonds is 16. The number of benzene rings is 14. The Bertz CT molecular complexity index is 3740. The highest BCUT2D eigenvalue weighted by Gasteiger charge is 2.47. The first kappa shape index (κ1) is 57.0. The first-order valence-corrected chi connectivity index (χ1v) is 38.6. The molecule has 0 bridgehead atoms. The molecule has 0 unspecified atom stereocenters. The molecule has 0 aliphatic heterocycles. The summed E-state index contributed by atoms with van der Waals surface area (Å²) in [6, 6.07) is 154. The van der Waals surface area contributed by atoms with Gasteiger partial charge in [-0.15, -0.1) is 0 Å². The van der Waals surface area contributed by atoms with Gasteiger partial charge in [0.15, 0.2) is 32.3 Å². The molecule has 0 fully saturated rings. The predicted molar refractivity (Wildman–Crippen MR) is 387 cm³/mol. The maximum atomic E-state index is 2.58. The molecule has 0 amide bonds. The van der Waals surface area contributed by atoms with E-state index in [4.69, 9.17) is 0 Å². The molecule has 0 radical (unpaired) electrons. The monoisotopic (exact) mass is 1190 g/mol. The Morgan fingerprint density at radius 2 is 0.193 bits per heavy atom. The molecule has 14 aromatic rings. The topological polar surface area (TPSA) is 0 Å². The molecule has 0 N–H and O–H groups in total. The summed E-state index contributed by atoms with van der Waals surface area (Å²) in [5.74, 6) is 0. The van der Waals surface area contributed by atoms with Crippen molar-refractivity contribution >= 4 is 115 Å². The maximum Gasteiger partial charge on any atom is 0.179 e. The van der Waals surface area contributed by atoms with Crippen LogP contribution in [0.1, 0.15) is 0 Å². The lowest BCUT2D eigenvalue weighted by molar-refractivity contribution is 1.65. The fourth-order valence-corrected chi connectivity index (χ4v) is 33.4. The molecule has 420 valence electrons. The SMILES string of the molecule is c1ccc([Si](c2ccccc2)(c2ccccc2)c2ccc([Si](c3ccccc3)(c3ccccc3)c3ccccc3)cc2)cc1.c1ccc([Si](c2ccccc2)(c2ccccc2)c2cccc([Si](c3ccccc3)(c3ccccc3)c3ccccc3)c2)cc1. The lowest BCUT2D eigenvalue weighted by atomic mass is 10.3. The predicted octanol–water partition coefficient (Wildman–Crippen LogP) is 8.88. The molecular weight excluding hydrogens is 1120 g/mol. The normalized spacial score (nSPS) is 11.6. The first-order chi connectivity index (χ1) is 43.7. The van der Waals surface area contributed by atoms with Gasteiger partial charge in [0.05, 0.1) is 0 Å². The van der Waals surface area contributed by atoms with Gasteiger partial charge in [0, 0.05) is 0 Å². The van der Waals surface area contributed by atoms with Crippen molar-refractivity contribution in [2.24, 2.45) is 0 Å². The van der Waals surface area contributed by atoms with E-state index >= 15 is 0 Å².